The average molecular weight is 314 g/mol. The molecule has 0 saturated carbocycles. The van der Waals surface area contributed by atoms with Crippen molar-refractivity contribution in [1.29, 1.82) is 0 Å². The van der Waals surface area contributed by atoms with Gasteiger partial charge in [-0.1, -0.05) is 45.0 Å². The van der Waals surface area contributed by atoms with Crippen LogP contribution in [0.3, 0.4) is 0 Å². The van der Waals surface area contributed by atoms with Gasteiger partial charge in [0.1, 0.15) is 0 Å². The van der Waals surface area contributed by atoms with E-state index in [2.05, 4.69) is 55.4 Å². The maximum absolute atomic E-state index is 10.8. The highest BCUT2D eigenvalue weighted by molar-refractivity contribution is 7.15. The number of hydrogen-bond donors (Lipinski definition) is 1. The van der Waals surface area contributed by atoms with Crippen LogP contribution in [-0.4, -0.2) is 20.5 Å². The number of thiazole rings is 1. The molecule has 0 atom stereocenters. The zero-order valence-corrected chi connectivity index (χ0v) is 13.6. The molecule has 2 heterocycles. The van der Waals surface area contributed by atoms with Crippen LogP contribution in [0.25, 0.3) is 16.2 Å². The Labute approximate surface area is 133 Å². The summed E-state index contributed by atoms with van der Waals surface area (Å²) in [5.74, 6) is -0.859. The van der Waals surface area contributed by atoms with E-state index in [9.17, 15) is 4.79 Å². The number of carboxylic acid groups (broad SMARTS) is 1. The van der Waals surface area contributed by atoms with Gasteiger partial charge in [0, 0.05) is 11.6 Å². The van der Waals surface area contributed by atoms with Gasteiger partial charge in [-0.2, -0.15) is 0 Å². The second-order valence-electron chi connectivity index (χ2n) is 6.40. The number of fused-ring (bicyclic) bond motifs is 1. The minimum Gasteiger partial charge on any atom is -0.481 e. The van der Waals surface area contributed by atoms with Gasteiger partial charge in [-0.15, -0.1) is 11.3 Å². The molecule has 4 nitrogen and oxygen atoms in total. The number of carboxylic acids is 1. The van der Waals surface area contributed by atoms with Crippen LogP contribution in [0.1, 0.15) is 32.0 Å². The van der Waals surface area contributed by atoms with E-state index < -0.39 is 5.97 Å². The van der Waals surface area contributed by atoms with Gasteiger partial charge in [0.15, 0.2) is 4.96 Å². The first kappa shape index (κ1) is 14.8. The van der Waals surface area contributed by atoms with Crippen molar-refractivity contribution in [2.45, 2.75) is 32.6 Å². The van der Waals surface area contributed by atoms with Crippen molar-refractivity contribution in [3.05, 3.63) is 47.1 Å². The van der Waals surface area contributed by atoms with Gasteiger partial charge in [-0.05, 0) is 16.5 Å². The predicted molar refractivity (Wildman–Crippen MR) is 88.5 cm³/mol. The van der Waals surface area contributed by atoms with E-state index in [-0.39, 0.29) is 11.8 Å². The Kier molecular flexibility index (Phi) is 3.53. The molecule has 22 heavy (non-hydrogen) atoms. The number of aromatic nitrogens is 2. The van der Waals surface area contributed by atoms with Crippen LogP contribution in [0.15, 0.2) is 35.8 Å². The fourth-order valence-electron chi connectivity index (χ4n) is 2.42. The third-order valence-corrected chi connectivity index (χ3v) is 4.48. The molecule has 0 amide bonds. The summed E-state index contributed by atoms with van der Waals surface area (Å²) in [6, 6.07) is 8.51. The van der Waals surface area contributed by atoms with Gasteiger partial charge in [-0.3, -0.25) is 9.20 Å². The second kappa shape index (κ2) is 5.25. The van der Waals surface area contributed by atoms with Crippen LogP contribution >= 0.6 is 11.3 Å². The second-order valence-corrected chi connectivity index (χ2v) is 7.24. The van der Waals surface area contributed by atoms with Gasteiger partial charge >= 0.3 is 5.97 Å². The first-order chi connectivity index (χ1) is 10.3. The Morgan fingerprint density at radius 3 is 2.55 bits per heavy atom. The van der Waals surface area contributed by atoms with Crippen LogP contribution in [-0.2, 0) is 16.6 Å². The molecule has 0 bridgehead atoms. The molecule has 3 aromatic rings. The Bertz CT molecular complexity index is 823. The molecule has 0 aliphatic rings. The number of imidazole rings is 1. The SMILES string of the molecule is CC(C)(C)c1ccc(-c2csc3nc(CC(=O)O)cn23)cc1. The van der Waals surface area contributed by atoms with Crippen molar-refractivity contribution >= 4 is 22.3 Å². The molecular weight excluding hydrogens is 296 g/mol. The van der Waals surface area contributed by atoms with Crippen LogP contribution < -0.4 is 0 Å². The first-order valence-corrected chi connectivity index (χ1v) is 8.01. The molecule has 0 aliphatic carbocycles. The summed E-state index contributed by atoms with van der Waals surface area (Å²) < 4.78 is 1.97. The summed E-state index contributed by atoms with van der Waals surface area (Å²) in [7, 11) is 0. The van der Waals surface area contributed by atoms with Crippen molar-refractivity contribution in [2.24, 2.45) is 0 Å². The lowest BCUT2D eigenvalue weighted by Crippen LogP contribution is -2.10. The Balaban J connectivity index is 1.99. The maximum atomic E-state index is 10.8. The third kappa shape index (κ3) is 2.76. The summed E-state index contributed by atoms with van der Waals surface area (Å²) in [4.78, 5) is 16.0. The van der Waals surface area contributed by atoms with Gasteiger partial charge in [0.2, 0.25) is 0 Å². The summed E-state index contributed by atoms with van der Waals surface area (Å²) in [6.45, 7) is 6.58. The summed E-state index contributed by atoms with van der Waals surface area (Å²) in [6.07, 6.45) is 1.77. The highest BCUT2D eigenvalue weighted by Crippen LogP contribution is 2.29. The summed E-state index contributed by atoms with van der Waals surface area (Å²) >= 11 is 1.53. The van der Waals surface area contributed by atoms with Crippen LogP contribution in [0.4, 0.5) is 0 Å². The molecule has 0 aliphatic heterocycles. The highest BCUT2D eigenvalue weighted by Gasteiger charge is 2.15. The molecule has 5 heteroatoms. The summed E-state index contributed by atoms with van der Waals surface area (Å²) in [5.41, 5.74) is 4.17. The maximum Gasteiger partial charge on any atom is 0.309 e. The van der Waals surface area contributed by atoms with Gasteiger partial charge in [0.05, 0.1) is 17.8 Å². The molecule has 3 rings (SSSR count). The monoisotopic (exact) mass is 314 g/mol. The third-order valence-electron chi connectivity index (χ3n) is 3.64. The average Bonchev–Trinajstić information content (AvgIpc) is 2.96. The molecule has 0 spiro atoms. The lowest BCUT2D eigenvalue weighted by Gasteiger charge is -2.19. The zero-order valence-electron chi connectivity index (χ0n) is 12.8. The van der Waals surface area contributed by atoms with E-state index in [1.807, 2.05) is 10.6 Å². The molecule has 1 N–H and O–H groups in total. The van der Waals surface area contributed by atoms with E-state index in [0.29, 0.717) is 5.69 Å². The molecule has 0 fully saturated rings. The number of aliphatic carboxylic acids is 1. The fourth-order valence-corrected chi connectivity index (χ4v) is 3.32. The minimum absolute atomic E-state index is 0.0448. The number of benzene rings is 1. The van der Waals surface area contributed by atoms with E-state index in [0.717, 1.165) is 16.2 Å². The number of nitrogens with zero attached hydrogens (tertiary/aromatic N) is 2. The molecule has 0 unspecified atom stereocenters. The van der Waals surface area contributed by atoms with E-state index >= 15 is 0 Å². The lowest BCUT2D eigenvalue weighted by atomic mass is 9.86. The minimum atomic E-state index is -0.859. The first-order valence-electron chi connectivity index (χ1n) is 7.13. The van der Waals surface area contributed by atoms with Crippen molar-refractivity contribution in [1.82, 2.24) is 9.38 Å². The quantitative estimate of drug-likeness (QED) is 0.795. The smallest absolute Gasteiger partial charge is 0.309 e. The highest BCUT2D eigenvalue weighted by atomic mass is 32.1. The van der Waals surface area contributed by atoms with E-state index in [4.69, 9.17) is 5.11 Å². The van der Waals surface area contributed by atoms with Crippen LogP contribution in [0.5, 0.6) is 0 Å². The largest absolute Gasteiger partial charge is 0.481 e. The normalized spacial score (nSPS) is 12.0. The van der Waals surface area contributed by atoms with Gasteiger partial charge < -0.3 is 5.11 Å². The van der Waals surface area contributed by atoms with Gasteiger partial charge in [-0.25, -0.2) is 4.98 Å². The zero-order chi connectivity index (χ0) is 15.9. The Morgan fingerprint density at radius 1 is 1.27 bits per heavy atom. The number of hydrogen-bond acceptors (Lipinski definition) is 3. The van der Waals surface area contributed by atoms with Crippen molar-refractivity contribution in [3.8, 4) is 11.3 Å². The molecule has 0 saturated heterocycles. The topological polar surface area (TPSA) is 54.6 Å². The molecular formula is C17H18N2O2S. The molecule has 2 aromatic heterocycles. The molecule has 114 valence electrons. The lowest BCUT2D eigenvalue weighted by molar-refractivity contribution is -0.136. The van der Waals surface area contributed by atoms with E-state index in [1.54, 1.807) is 0 Å². The fraction of sp³-hybridized carbons (Fsp3) is 0.294. The number of rotatable bonds is 3. The van der Waals surface area contributed by atoms with Crippen molar-refractivity contribution in [2.75, 3.05) is 0 Å². The summed E-state index contributed by atoms with van der Waals surface area (Å²) in [5, 5.41) is 10.9. The Morgan fingerprint density at radius 2 is 1.95 bits per heavy atom. The van der Waals surface area contributed by atoms with Crippen LogP contribution in [0.2, 0.25) is 0 Å². The van der Waals surface area contributed by atoms with Crippen molar-refractivity contribution < 1.29 is 9.90 Å². The standard InChI is InChI=1S/C17H18N2O2S/c1-17(2,3)12-6-4-11(5-7-12)14-10-22-16-18-13(8-15(20)21)9-19(14)16/h4-7,9-10H,8H2,1-3H3,(H,20,21). The van der Waals surface area contributed by atoms with Crippen LogP contribution in [0, 0.1) is 0 Å². The van der Waals surface area contributed by atoms with Crippen molar-refractivity contribution in [3.63, 3.8) is 0 Å². The Hall–Kier alpha value is -2.14. The van der Waals surface area contributed by atoms with E-state index in [1.165, 1.54) is 16.9 Å². The van der Waals surface area contributed by atoms with Gasteiger partial charge in [0.25, 0.3) is 0 Å². The molecule has 0 radical (unpaired) electrons. The number of carbonyl (C=O) groups is 1. The predicted octanol–water partition coefficient (Wildman–Crippen LogP) is 3.99. The molecule has 1 aromatic carbocycles.